The van der Waals surface area contributed by atoms with Crippen LogP contribution in [0.5, 0.6) is 0 Å². The molecule has 0 N–H and O–H groups in total. The molecule has 44 valence electrons. The predicted octanol–water partition coefficient (Wildman–Crippen LogP) is 2.20. The molecule has 1 fully saturated rings. The zero-order valence-electron chi connectivity index (χ0n) is 4.32. The molecule has 1 aliphatic rings. The second-order valence-corrected chi connectivity index (χ2v) is 3.61. The van der Waals surface area contributed by atoms with E-state index in [1.165, 1.54) is 0 Å². The summed E-state index contributed by atoms with van der Waals surface area (Å²) >= 11 is 11.3. The summed E-state index contributed by atoms with van der Waals surface area (Å²) in [6.07, 6.45) is 6.60. The Morgan fingerprint density at radius 3 is 2.38 bits per heavy atom. The zero-order valence-corrected chi connectivity index (χ0v) is 5.84. The Morgan fingerprint density at radius 1 is 1.75 bits per heavy atom. The molecule has 0 amide bonds. The van der Waals surface area contributed by atoms with Crippen molar-refractivity contribution in [2.75, 3.05) is 0 Å². The van der Waals surface area contributed by atoms with E-state index in [0.29, 0.717) is 12.3 Å². The maximum absolute atomic E-state index is 5.66. The molecular formula is C6H6Cl2. The van der Waals surface area contributed by atoms with Gasteiger partial charge < -0.3 is 0 Å². The SMILES string of the molecule is C#CCC1CC1(Cl)Cl. The van der Waals surface area contributed by atoms with Crippen molar-refractivity contribution in [2.45, 2.75) is 17.2 Å². The molecule has 0 aliphatic heterocycles. The van der Waals surface area contributed by atoms with Crippen molar-refractivity contribution in [3.05, 3.63) is 0 Å². The van der Waals surface area contributed by atoms with Crippen LogP contribution in [0.2, 0.25) is 0 Å². The summed E-state index contributed by atoms with van der Waals surface area (Å²) in [5, 5.41) is 0. The molecule has 2 heteroatoms. The van der Waals surface area contributed by atoms with Gasteiger partial charge in [0.1, 0.15) is 4.33 Å². The molecule has 0 heterocycles. The van der Waals surface area contributed by atoms with Crippen LogP contribution < -0.4 is 0 Å². The van der Waals surface area contributed by atoms with Gasteiger partial charge in [0.25, 0.3) is 0 Å². The van der Waals surface area contributed by atoms with E-state index in [1.807, 2.05) is 0 Å². The van der Waals surface area contributed by atoms with Crippen molar-refractivity contribution in [2.24, 2.45) is 5.92 Å². The first kappa shape index (κ1) is 6.26. The van der Waals surface area contributed by atoms with Gasteiger partial charge in [0.15, 0.2) is 0 Å². The second-order valence-electron chi connectivity index (χ2n) is 2.07. The Hall–Kier alpha value is 0.140. The lowest BCUT2D eigenvalue weighted by Gasteiger charge is -1.89. The van der Waals surface area contributed by atoms with Gasteiger partial charge in [-0.2, -0.15) is 0 Å². The average molecular weight is 149 g/mol. The Balaban J connectivity index is 2.29. The monoisotopic (exact) mass is 148 g/mol. The molecule has 0 saturated heterocycles. The molecule has 0 spiro atoms. The van der Waals surface area contributed by atoms with Crippen molar-refractivity contribution >= 4 is 23.2 Å². The van der Waals surface area contributed by atoms with Gasteiger partial charge in [-0.05, 0) is 6.42 Å². The number of hydrogen-bond donors (Lipinski definition) is 0. The van der Waals surface area contributed by atoms with E-state index in [0.717, 1.165) is 6.42 Å². The van der Waals surface area contributed by atoms with E-state index in [4.69, 9.17) is 29.6 Å². The number of rotatable bonds is 1. The Kier molecular flexibility index (Phi) is 1.43. The molecule has 1 unspecified atom stereocenters. The van der Waals surface area contributed by atoms with Gasteiger partial charge in [-0.25, -0.2) is 0 Å². The third-order valence-corrected chi connectivity index (χ3v) is 2.25. The first-order valence-electron chi connectivity index (χ1n) is 2.48. The third kappa shape index (κ3) is 1.10. The maximum atomic E-state index is 5.66. The van der Waals surface area contributed by atoms with Crippen LogP contribution in [0, 0.1) is 18.3 Å². The summed E-state index contributed by atoms with van der Waals surface area (Å²) < 4.78 is -0.480. The molecule has 0 aromatic rings. The highest BCUT2D eigenvalue weighted by molar-refractivity contribution is 6.50. The summed E-state index contributed by atoms with van der Waals surface area (Å²) in [4.78, 5) is 0. The fraction of sp³-hybridized carbons (Fsp3) is 0.667. The molecule has 1 rings (SSSR count). The Bertz CT molecular complexity index is 132. The van der Waals surface area contributed by atoms with Gasteiger partial charge >= 0.3 is 0 Å². The van der Waals surface area contributed by atoms with Crippen molar-refractivity contribution in [1.82, 2.24) is 0 Å². The molecule has 0 radical (unpaired) electrons. The summed E-state index contributed by atoms with van der Waals surface area (Å²) in [5.41, 5.74) is 0. The van der Waals surface area contributed by atoms with Gasteiger partial charge in [-0.3, -0.25) is 0 Å². The zero-order chi connectivity index (χ0) is 6.20. The van der Waals surface area contributed by atoms with Crippen LogP contribution in [0.3, 0.4) is 0 Å². The van der Waals surface area contributed by atoms with E-state index in [9.17, 15) is 0 Å². The largest absolute Gasteiger partial charge is 0.122 e. The Morgan fingerprint density at radius 2 is 2.25 bits per heavy atom. The lowest BCUT2D eigenvalue weighted by molar-refractivity contribution is 0.869. The highest BCUT2D eigenvalue weighted by Crippen LogP contribution is 2.54. The summed E-state index contributed by atoms with van der Waals surface area (Å²) in [7, 11) is 0. The minimum Gasteiger partial charge on any atom is -0.120 e. The molecule has 0 aromatic carbocycles. The maximum Gasteiger partial charge on any atom is 0.122 e. The molecule has 1 aliphatic carbocycles. The molecule has 0 nitrogen and oxygen atoms in total. The molecule has 1 atom stereocenters. The first-order chi connectivity index (χ1) is 3.67. The van der Waals surface area contributed by atoms with E-state index >= 15 is 0 Å². The minimum atomic E-state index is -0.480. The fourth-order valence-corrected chi connectivity index (χ4v) is 1.16. The van der Waals surface area contributed by atoms with Crippen LogP contribution in [-0.2, 0) is 0 Å². The van der Waals surface area contributed by atoms with Crippen molar-refractivity contribution in [3.8, 4) is 12.3 Å². The predicted molar refractivity (Wildman–Crippen MR) is 36.0 cm³/mol. The Labute approximate surface area is 59.2 Å². The highest BCUT2D eigenvalue weighted by atomic mass is 35.5. The topological polar surface area (TPSA) is 0 Å². The van der Waals surface area contributed by atoms with Crippen LogP contribution in [0.1, 0.15) is 12.8 Å². The van der Waals surface area contributed by atoms with E-state index < -0.39 is 4.33 Å². The normalized spacial score (nSPS) is 31.4. The average Bonchev–Trinajstić information content (AvgIpc) is 2.15. The van der Waals surface area contributed by atoms with Crippen LogP contribution in [0.25, 0.3) is 0 Å². The van der Waals surface area contributed by atoms with Gasteiger partial charge in [0.05, 0.1) is 0 Å². The van der Waals surface area contributed by atoms with E-state index in [1.54, 1.807) is 0 Å². The number of alkyl halides is 2. The fourth-order valence-electron chi connectivity index (χ4n) is 0.633. The summed E-state index contributed by atoms with van der Waals surface area (Å²) in [6.45, 7) is 0. The number of hydrogen-bond acceptors (Lipinski definition) is 0. The molecular weight excluding hydrogens is 143 g/mol. The van der Waals surface area contributed by atoms with Crippen LogP contribution in [0.15, 0.2) is 0 Å². The van der Waals surface area contributed by atoms with Crippen LogP contribution in [0.4, 0.5) is 0 Å². The van der Waals surface area contributed by atoms with Crippen LogP contribution >= 0.6 is 23.2 Å². The lowest BCUT2D eigenvalue weighted by atomic mass is 10.3. The van der Waals surface area contributed by atoms with Crippen molar-refractivity contribution in [3.63, 3.8) is 0 Å². The smallest absolute Gasteiger partial charge is 0.120 e. The number of terminal acetylenes is 1. The van der Waals surface area contributed by atoms with Gasteiger partial charge in [-0.15, -0.1) is 35.5 Å². The lowest BCUT2D eigenvalue weighted by Crippen LogP contribution is -1.86. The first-order valence-corrected chi connectivity index (χ1v) is 3.23. The van der Waals surface area contributed by atoms with Crippen molar-refractivity contribution < 1.29 is 0 Å². The van der Waals surface area contributed by atoms with Gasteiger partial charge in [0, 0.05) is 12.3 Å². The van der Waals surface area contributed by atoms with Crippen molar-refractivity contribution in [1.29, 1.82) is 0 Å². The third-order valence-electron chi connectivity index (χ3n) is 1.32. The molecule has 0 bridgehead atoms. The second kappa shape index (κ2) is 1.83. The molecule has 1 saturated carbocycles. The molecule has 8 heavy (non-hydrogen) atoms. The van der Waals surface area contributed by atoms with E-state index in [2.05, 4.69) is 5.92 Å². The van der Waals surface area contributed by atoms with Crippen LogP contribution in [-0.4, -0.2) is 4.33 Å². The quantitative estimate of drug-likeness (QED) is 0.396. The van der Waals surface area contributed by atoms with Gasteiger partial charge in [-0.1, -0.05) is 0 Å². The van der Waals surface area contributed by atoms with E-state index in [-0.39, 0.29) is 0 Å². The minimum absolute atomic E-state index is 0.357. The summed E-state index contributed by atoms with van der Waals surface area (Å²) in [6, 6.07) is 0. The van der Waals surface area contributed by atoms with Gasteiger partial charge in [0.2, 0.25) is 0 Å². The summed E-state index contributed by atoms with van der Waals surface area (Å²) in [5.74, 6) is 2.87. The highest BCUT2D eigenvalue weighted by Gasteiger charge is 2.50. The number of halogens is 2. The standard InChI is InChI=1S/C6H6Cl2/c1-2-3-5-4-6(5,7)8/h1,5H,3-4H2. The molecule has 0 aromatic heterocycles.